The molecule has 0 saturated carbocycles. The molecule has 0 saturated heterocycles. The molecule has 0 radical (unpaired) electrons. The molecule has 21 heavy (non-hydrogen) atoms. The van der Waals surface area contributed by atoms with E-state index in [4.69, 9.17) is 31.3 Å². The van der Waals surface area contributed by atoms with E-state index in [2.05, 4.69) is 0 Å². The second kappa shape index (κ2) is 6.65. The van der Waals surface area contributed by atoms with Crippen molar-refractivity contribution >= 4 is 17.7 Å². The Bertz CT molecular complexity index is 727. The molecule has 1 aromatic heterocycles. The lowest BCUT2D eigenvalue weighted by Gasteiger charge is -2.09. The van der Waals surface area contributed by atoms with Crippen LogP contribution in [0.3, 0.4) is 0 Å². The van der Waals surface area contributed by atoms with Gasteiger partial charge in [0.2, 0.25) is 0 Å². The Morgan fingerprint density at radius 2 is 2.05 bits per heavy atom. The van der Waals surface area contributed by atoms with Crippen molar-refractivity contribution in [3.05, 3.63) is 58.0 Å². The van der Waals surface area contributed by atoms with E-state index in [9.17, 15) is 0 Å². The number of para-hydroxylation sites is 1. The molecule has 0 fully saturated rings. The van der Waals surface area contributed by atoms with Gasteiger partial charge in [-0.2, -0.15) is 10.5 Å². The van der Waals surface area contributed by atoms with Crippen LogP contribution in [0.1, 0.15) is 17.1 Å². The van der Waals surface area contributed by atoms with Crippen molar-refractivity contribution in [2.45, 2.75) is 13.5 Å². The van der Waals surface area contributed by atoms with Gasteiger partial charge in [-0.05, 0) is 30.7 Å². The van der Waals surface area contributed by atoms with Crippen molar-refractivity contribution in [2.24, 2.45) is 0 Å². The van der Waals surface area contributed by atoms with Crippen molar-refractivity contribution in [1.82, 2.24) is 0 Å². The van der Waals surface area contributed by atoms with E-state index < -0.39 is 0 Å². The van der Waals surface area contributed by atoms with Crippen molar-refractivity contribution in [1.29, 1.82) is 10.5 Å². The van der Waals surface area contributed by atoms with Gasteiger partial charge in [0, 0.05) is 6.08 Å². The van der Waals surface area contributed by atoms with Gasteiger partial charge in [0.05, 0.1) is 5.02 Å². The minimum absolute atomic E-state index is 0.0150. The zero-order chi connectivity index (χ0) is 15.2. The van der Waals surface area contributed by atoms with Crippen molar-refractivity contribution in [3.8, 4) is 17.9 Å². The number of halogens is 1. The number of ether oxygens (including phenoxy) is 1. The molecule has 104 valence electrons. The summed E-state index contributed by atoms with van der Waals surface area (Å²) in [4.78, 5) is 0. The summed E-state index contributed by atoms with van der Waals surface area (Å²) in [6.45, 7) is 2.12. The Labute approximate surface area is 127 Å². The predicted octanol–water partition coefficient (Wildman–Crippen LogP) is 4.25. The molecule has 0 atom stereocenters. The number of aryl methyl sites for hydroxylation is 1. The van der Waals surface area contributed by atoms with Gasteiger partial charge in [-0.1, -0.05) is 23.7 Å². The zero-order valence-electron chi connectivity index (χ0n) is 11.3. The molecule has 2 rings (SSSR count). The molecular formula is C16H11ClN2O2. The largest absolute Gasteiger partial charge is 0.484 e. The van der Waals surface area contributed by atoms with Gasteiger partial charge in [0.25, 0.3) is 0 Å². The number of nitrogens with zero attached hydrogens (tertiary/aromatic N) is 2. The minimum atomic E-state index is -0.0150. The highest BCUT2D eigenvalue weighted by Crippen LogP contribution is 2.28. The number of nitriles is 2. The number of hydrogen-bond acceptors (Lipinski definition) is 4. The molecule has 1 aromatic carbocycles. The molecule has 0 aliphatic heterocycles. The Hall–Kier alpha value is -2.69. The van der Waals surface area contributed by atoms with Gasteiger partial charge in [-0.15, -0.1) is 0 Å². The van der Waals surface area contributed by atoms with Crippen LogP contribution in [0.25, 0.3) is 6.08 Å². The van der Waals surface area contributed by atoms with Gasteiger partial charge >= 0.3 is 0 Å². The maximum atomic E-state index is 8.69. The summed E-state index contributed by atoms with van der Waals surface area (Å²) in [7, 11) is 0. The summed E-state index contributed by atoms with van der Waals surface area (Å²) in [5.74, 6) is 1.63. The van der Waals surface area contributed by atoms with Gasteiger partial charge in [-0.25, -0.2) is 0 Å². The molecule has 0 unspecified atom stereocenters. The lowest BCUT2D eigenvalue weighted by atomic mass is 10.2. The van der Waals surface area contributed by atoms with Gasteiger partial charge in [-0.3, -0.25) is 0 Å². The number of furan rings is 1. The molecule has 0 bridgehead atoms. The van der Waals surface area contributed by atoms with E-state index in [0.29, 0.717) is 22.3 Å². The molecule has 1 heterocycles. The van der Waals surface area contributed by atoms with Crippen LogP contribution >= 0.6 is 11.6 Å². The average molecular weight is 299 g/mol. The van der Waals surface area contributed by atoms with Crippen LogP contribution in [0.5, 0.6) is 5.75 Å². The van der Waals surface area contributed by atoms with Crippen molar-refractivity contribution in [2.75, 3.05) is 0 Å². The van der Waals surface area contributed by atoms with Crippen LogP contribution in [0.2, 0.25) is 5.02 Å². The Balaban J connectivity index is 2.09. The summed E-state index contributed by atoms with van der Waals surface area (Å²) >= 11 is 6.07. The summed E-state index contributed by atoms with van der Waals surface area (Å²) < 4.78 is 11.1. The third kappa shape index (κ3) is 3.66. The predicted molar refractivity (Wildman–Crippen MR) is 78.4 cm³/mol. The minimum Gasteiger partial charge on any atom is -0.484 e. The quantitative estimate of drug-likeness (QED) is 0.791. The normalized spacial score (nSPS) is 9.52. The molecule has 0 aliphatic rings. The Morgan fingerprint density at radius 1 is 1.29 bits per heavy atom. The second-order valence-electron chi connectivity index (χ2n) is 4.26. The van der Waals surface area contributed by atoms with Crippen LogP contribution in [-0.2, 0) is 6.61 Å². The van der Waals surface area contributed by atoms with Gasteiger partial charge in [0.15, 0.2) is 0 Å². The lowest BCUT2D eigenvalue weighted by molar-refractivity contribution is 0.268. The van der Waals surface area contributed by atoms with Crippen LogP contribution in [0.4, 0.5) is 0 Å². The first kappa shape index (κ1) is 14.7. The third-order valence-corrected chi connectivity index (χ3v) is 3.03. The van der Waals surface area contributed by atoms with Gasteiger partial charge in [0.1, 0.15) is 41.6 Å². The van der Waals surface area contributed by atoms with E-state index in [-0.39, 0.29) is 12.2 Å². The topological polar surface area (TPSA) is 69.9 Å². The zero-order valence-corrected chi connectivity index (χ0v) is 12.0. The first-order chi connectivity index (χ1) is 10.1. The van der Waals surface area contributed by atoms with Crippen LogP contribution < -0.4 is 4.74 Å². The summed E-state index contributed by atoms with van der Waals surface area (Å²) in [6.07, 6.45) is 1.38. The van der Waals surface area contributed by atoms with E-state index in [1.54, 1.807) is 30.3 Å². The number of benzene rings is 1. The van der Waals surface area contributed by atoms with E-state index in [1.165, 1.54) is 6.08 Å². The standard InChI is InChI=1S/C16H11ClN2O2/c1-11-3-2-4-15(17)16(11)20-10-14-6-5-13(21-14)7-12(8-18)9-19/h2-7H,10H2,1H3. The maximum Gasteiger partial charge on any atom is 0.146 e. The molecule has 2 aromatic rings. The fraction of sp³-hybridized carbons (Fsp3) is 0.125. The molecule has 0 N–H and O–H groups in total. The highest BCUT2D eigenvalue weighted by Gasteiger charge is 2.07. The summed E-state index contributed by atoms with van der Waals surface area (Å²) in [6, 6.07) is 12.5. The van der Waals surface area contributed by atoms with E-state index in [1.807, 2.05) is 19.1 Å². The first-order valence-corrected chi connectivity index (χ1v) is 6.50. The number of hydrogen-bond donors (Lipinski definition) is 0. The second-order valence-corrected chi connectivity index (χ2v) is 4.67. The molecular weight excluding hydrogens is 288 g/mol. The van der Waals surface area contributed by atoms with Crippen LogP contribution in [0, 0.1) is 29.6 Å². The SMILES string of the molecule is Cc1cccc(Cl)c1OCc1ccc(C=C(C#N)C#N)o1. The summed E-state index contributed by atoms with van der Waals surface area (Å²) in [5, 5.41) is 17.9. The van der Waals surface area contributed by atoms with Crippen molar-refractivity contribution < 1.29 is 9.15 Å². The van der Waals surface area contributed by atoms with E-state index in [0.717, 1.165) is 5.56 Å². The smallest absolute Gasteiger partial charge is 0.146 e. The molecule has 0 amide bonds. The molecule has 0 spiro atoms. The van der Waals surface area contributed by atoms with Crippen LogP contribution in [0.15, 0.2) is 40.3 Å². The fourth-order valence-corrected chi connectivity index (χ4v) is 2.00. The third-order valence-electron chi connectivity index (χ3n) is 2.73. The van der Waals surface area contributed by atoms with Crippen LogP contribution in [-0.4, -0.2) is 0 Å². The highest BCUT2D eigenvalue weighted by molar-refractivity contribution is 6.32. The molecule has 4 nitrogen and oxygen atoms in total. The lowest BCUT2D eigenvalue weighted by Crippen LogP contribution is -1.96. The number of allylic oxidation sites excluding steroid dienone is 1. The van der Waals surface area contributed by atoms with Gasteiger partial charge < -0.3 is 9.15 Å². The monoisotopic (exact) mass is 298 g/mol. The Kier molecular flexibility index (Phi) is 4.66. The summed E-state index contributed by atoms with van der Waals surface area (Å²) in [5.41, 5.74) is 0.921. The number of rotatable bonds is 4. The first-order valence-electron chi connectivity index (χ1n) is 6.12. The maximum absolute atomic E-state index is 8.69. The van der Waals surface area contributed by atoms with Crippen molar-refractivity contribution in [3.63, 3.8) is 0 Å². The fourth-order valence-electron chi connectivity index (χ4n) is 1.72. The average Bonchev–Trinajstić information content (AvgIpc) is 2.92. The highest BCUT2D eigenvalue weighted by atomic mass is 35.5. The molecule has 5 heteroatoms. The van der Waals surface area contributed by atoms with E-state index >= 15 is 0 Å². The molecule has 0 aliphatic carbocycles. The Morgan fingerprint density at radius 3 is 2.71 bits per heavy atom.